The van der Waals surface area contributed by atoms with Crippen molar-refractivity contribution < 1.29 is 18.8 Å². The number of benzene rings is 1. The van der Waals surface area contributed by atoms with E-state index in [4.69, 9.17) is 14.0 Å². The van der Waals surface area contributed by atoms with Gasteiger partial charge in [-0.25, -0.2) is 0 Å². The third-order valence-corrected chi connectivity index (χ3v) is 4.23. The summed E-state index contributed by atoms with van der Waals surface area (Å²) in [6.45, 7) is 4.84. The number of methoxy groups -OCH3 is 1. The molecule has 8 heteroatoms. The number of carbonyl (C=O) groups excluding carboxylic acids is 1. The van der Waals surface area contributed by atoms with E-state index in [0.29, 0.717) is 36.2 Å². The Morgan fingerprint density at radius 3 is 2.79 bits per heavy atom. The van der Waals surface area contributed by atoms with Gasteiger partial charge in [0.1, 0.15) is 18.4 Å². The van der Waals surface area contributed by atoms with Crippen molar-refractivity contribution in [3.63, 3.8) is 0 Å². The summed E-state index contributed by atoms with van der Waals surface area (Å²) in [7, 11) is 1.61. The molecule has 0 saturated carbocycles. The zero-order valence-electron chi connectivity index (χ0n) is 16.7. The van der Waals surface area contributed by atoms with Crippen molar-refractivity contribution >= 4 is 5.91 Å². The normalized spacial score (nSPS) is 12.0. The number of ether oxygens (including phenoxy) is 2. The molecule has 0 saturated heterocycles. The molecular weight excluding hydrogens is 372 g/mol. The molecule has 29 heavy (non-hydrogen) atoms. The number of rotatable bonds is 9. The third-order valence-electron chi connectivity index (χ3n) is 4.23. The van der Waals surface area contributed by atoms with Gasteiger partial charge in [-0.1, -0.05) is 25.1 Å². The molecule has 1 atom stereocenters. The van der Waals surface area contributed by atoms with Crippen LogP contribution in [-0.2, 0) is 4.74 Å². The van der Waals surface area contributed by atoms with Crippen LogP contribution in [0.25, 0.3) is 11.4 Å². The highest BCUT2D eigenvalue weighted by atomic mass is 16.5. The van der Waals surface area contributed by atoms with Gasteiger partial charge >= 0.3 is 0 Å². The second-order valence-electron chi connectivity index (χ2n) is 6.76. The standard InChI is InChI=1S/C21H24N4O4/c1-14(2)18(21-24-19(25-29-21)16-7-5-9-22-13-16)23-20(26)15-6-4-8-17(12-15)28-11-10-27-3/h4-9,12-14,18H,10-11H2,1-3H3,(H,23,26). The second kappa shape index (κ2) is 9.79. The summed E-state index contributed by atoms with van der Waals surface area (Å²) in [6, 6.07) is 10.2. The topological polar surface area (TPSA) is 99.4 Å². The molecular formula is C21H24N4O4. The van der Waals surface area contributed by atoms with E-state index in [-0.39, 0.29) is 11.8 Å². The second-order valence-corrected chi connectivity index (χ2v) is 6.76. The van der Waals surface area contributed by atoms with E-state index < -0.39 is 6.04 Å². The molecule has 1 aromatic carbocycles. The van der Waals surface area contributed by atoms with Gasteiger partial charge in [-0.2, -0.15) is 4.98 Å². The molecule has 0 radical (unpaired) electrons. The van der Waals surface area contributed by atoms with Crippen molar-refractivity contribution in [1.29, 1.82) is 0 Å². The van der Waals surface area contributed by atoms with E-state index in [2.05, 4.69) is 20.4 Å². The van der Waals surface area contributed by atoms with Crippen LogP contribution < -0.4 is 10.1 Å². The van der Waals surface area contributed by atoms with Crippen LogP contribution in [-0.4, -0.2) is 41.4 Å². The summed E-state index contributed by atoms with van der Waals surface area (Å²) in [5, 5.41) is 6.99. The number of nitrogens with zero attached hydrogens (tertiary/aromatic N) is 3. The predicted molar refractivity (Wildman–Crippen MR) is 106 cm³/mol. The fourth-order valence-electron chi connectivity index (χ4n) is 2.68. The van der Waals surface area contributed by atoms with Gasteiger partial charge in [-0.3, -0.25) is 9.78 Å². The maximum Gasteiger partial charge on any atom is 0.252 e. The van der Waals surface area contributed by atoms with Crippen LogP contribution in [0, 0.1) is 5.92 Å². The molecule has 3 aromatic rings. The molecule has 0 fully saturated rings. The van der Waals surface area contributed by atoms with Gasteiger partial charge in [-0.15, -0.1) is 0 Å². The van der Waals surface area contributed by atoms with Crippen molar-refractivity contribution in [2.45, 2.75) is 19.9 Å². The highest BCUT2D eigenvalue weighted by Crippen LogP contribution is 2.24. The SMILES string of the molecule is COCCOc1cccc(C(=O)NC(c2nc(-c3cccnc3)no2)C(C)C)c1. The maximum atomic E-state index is 12.8. The monoisotopic (exact) mass is 396 g/mol. The van der Waals surface area contributed by atoms with Gasteiger partial charge in [-0.05, 0) is 36.2 Å². The van der Waals surface area contributed by atoms with Gasteiger partial charge in [0.05, 0.1) is 6.61 Å². The fourth-order valence-corrected chi connectivity index (χ4v) is 2.68. The summed E-state index contributed by atoms with van der Waals surface area (Å²) < 4.78 is 16.0. The molecule has 1 N–H and O–H groups in total. The lowest BCUT2D eigenvalue weighted by molar-refractivity contribution is 0.0913. The lowest BCUT2D eigenvalue weighted by atomic mass is 10.0. The molecule has 152 valence electrons. The molecule has 2 aromatic heterocycles. The van der Waals surface area contributed by atoms with E-state index in [1.165, 1.54) is 0 Å². The Morgan fingerprint density at radius 2 is 2.07 bits per heavy atom. The summed E-state index contributed by atoms with van der Waals surface area (Å²) in [5.74, 6) is 1.18. The van der Waals surface area contributed by atoms with Gasteiger partial charge in [0, 0.05) is 30.6 Å². The molecule has 2 heterocycles. The van der Waals surface area contributed by atoms with Gasteiger partial charge in [0.15, 0.2) is 0 Å². The van der Waals surface area contributed by atoms with Crippen molar-refractivity contribution in [2.75, 3.05) is 20.3 Å². The van der Waals surface area contributed by atoms with E-state index >= 15 is 0 Å². The number of nitrogens with one attached hydrogen (secondary N) is 1. The molecule has 8 nitrogen and oxygen atoms in total. The zero-order valence-corrected chi connectivity index (χ0v) is 16.7. The zero-order chi connectivity index (χ0) is 20.6. The first-order chi connectivity index (χ1) is 14.1. The Labute approximate surface area is 169 Å². The summed E-state index contributed by atoms with van der Waals surface area (Å²) in [4.78, 5) is 21.3. The van der Waals surface area contributed by atoms with Crippen molar-refractivity contribution in [3.8, 4) is 17.1 Å². The van der Waals surface area contributed by atoms with Gasteiger partial charge < -0.3 is 19.3 Å². The molecule has 0 aliphatic carbocycles. The minimum absolute atomic E-state index is 0.0438. The van der Waals surface area contributed by atoms with Crippen LogP contribution in [0.4, 0.5) is 0 Å². The number of carbonyl (C=O) groups is 1. The number of aromatic nitrogens is 3. The maximum absolute atomic E-state index is 12.8. The first-order valence-corrected chi connectivity index (χ1v) is 9.35. The average Bonchev–Trinajstić information content (AvgIpc) is 3.22. The van der Waals surface area contributed by atoms with Crippen LogP contribution in [0.1, 0.15) is 36.1 Å². The summed E-state index contributed by atoms with van der Waals surface area (Å²) in [6.07, 6.45) is 3.33. The Hall–Kier alpha value is -3.26. The number of pyridine rings is 1. The average molecular weight is 396 g/mol. The molecule has 0 spiro atoms. The molecule has 0 bridgehead atoms. The first kappa shape index (κ1) is 20.5. The van der Waals surface area contributed by atoms with Crippen molar-refractivity contribution in [3.05, 3.63) is 60.2 Å². The van der Waals surface area contributed by atoms with Crippen LogP contribution >= 0.6 is 0 Å². The molecule has 0 aliphatic heterocycles. The predicted octanol–water partition coefficient (Wildman–Crippen LogP) is 3.28. The number of hydrogen-bond donors (Lipinski definition) is 1. The number of amides is 1. The largest absolute Gasteiger partial charge is 0.491 e. The molecule has 1 amide bonds. The van der Waals surface area contributed by atoms with E-state index in [1.54, 1.807) is 49.8 Å². The molecule has 0 aliphatic rings. The van der Waals surface area contributed by atoms with E-state index in [9.17, 15) is 4.79 Å². The Bertz CT molecular complexity index is 927. The van der Waals surface area contributed by atoms with Crippen LogP contribution in [0.2, 0.25) is 0 Å². The number of hydrogen-bond acceptors (Lipinski definition) is 7. The fraction of sp³-hybridized carbons (Fsp3) is 0.333. The quantitative estimate of drug-likeness (QED) is 0.554. The van der Waals surface area contributed by atoms with Crippen LogP contribution in [0.5, 0.6) is 5.75 Å². The van der Waals surface area contributed by atoms with Gasteiger partial charge in [0.2, 0.25) is 11.7 Å². The third kappa shape index (κ3) is 5.39. The minimum atomic E-state index is -0.432. The van der Waals surface area contributed by atoms with E-state index in [0.717, 1.165) is 5.56 Å². The minimum Gasteiger partial charge on any atom is -0.491 e. The Kier molecular flexibility index (Phi) is 6.91. The van der Waals surface area contributed by atoms with Crippen molar-refractivity contribution in [2.24, 2.45) is 5.92 Å². The Balaban J connectivity index is 1.73. The molecule has 1 unspecified atom stereocenters. The first-order valence-electron chi connectivity index (χ1n) is 9.35. The van der Waals surface area contributed by atoms with Crippen LogP contribution in [0.15, 0.2) is 53.3 Å². The van der Waals surface area contributed by atoms with Crippen molar-refractivity contribution in [1.82, 2.24) is 20.4 Å². The van der Waals surface area contributed by atoms with Gasteiger partial charge in [0.25, 0.3) is 5.91 Å². The van der Waals surface area contributed by atoms with Crippen LogP contribution in [0.3, 0.4) is 0 Å². The van der Waals surface area contributed by atoms with E-state index in [1.807, 2.05) is 19.9 Å². The summed E-state index contributed by atoms with van der Waals surface area (Å²) in [5.41, 5.74) is 1.23. The smallest absolute Gasteiger partial charge is 0.252 e. The lowest BCUT2D eigenvalue weighted by Crippen LogP contribution is -2.32. The highest BCUT2D eigenvalue weighted by molar-refractivity contribution is 5.94. The Morgan fingerprint density at radius 1 is 1.21 bits per heavy atom. The highest BCUT2D eigenvalue weighted by Gasteiger charge is 2.25. The molecule has 3 rings (SSSR count). The lowest BCUT2D eigenvalue weighted by Gasteiger charge is -2.18. The summed E-state index contributed by atoms with van der Waals surface area (Å²) >= 11 is 0.